The molecule has 3 unspecified atom stereocenters. The van der Waals surface area contributed by atoms with Gasteiger partial charge in [0.05, 0.1) is 22.8 Å². The average molecular weight is 458 g/mol. The van der Waals surface area contributed by atoms with Crippen LogP contribution in [0.25, 0.3) is 0 Å². The van der Waals surface area contributed by atoms with Crippen molar-refractivity contribution in [2.24, 2.45) is 5.73 Å². The summed E-state index contributed by atoms with van der Waals surface area (Å²) in [6.07, 6.45) is -1.95. The standard InChI is InChI=1S/C22H22N2O9/c1-21(31)7-5-4-6-8(25)9(7)16(26)14-13(21)17(27)10-12(22(14,32)33)18(28)11(20(23)30)19(29)15(10)24(2)3/h4-6,15,17,25,27,29,31-33H,1-3H3,(H2,23,30). The Hall–Kier alpha value is -3.35. The fourth-order valence-electron chi connectivity index (χ4n) is 5.05. The maximum atomic E-state index is 13.3. The Kier molecular flexibility index (Phi) is 4.72. The summed E-state index contributed by atoms with van der Waals surface area (Å²) in [5.74, 6) is -8.68. The lowest BCUT2D eigenvalue weighted by Crippen LogP contribution is -2.57. The van der Waals surface area contributed by atoms with Gasteiger partial charge in [0.15, 0.2) is 5.78 Å². The van der Waals surface area contributed by atoms with E-state index in [2.05, 4.69) is 0 Å². The molecule has 0 bridgehead atoms. The zero-order valence-electron chi connectivity index (χ0n) is 17.8. The SMILES string of the molecule is CN(C)C1C(O)=C(C(N)=O)C(=O)C2=C1C(O)C1=C(C(=O)c3c(O)cccc3C1(C)O)C2(O)O. The molecule has 3 aliphatic rings. The van der Waals surface area contributed by atoms with Crippen molar-refractivity contribution in [1.29, 1.82) is 0 Å². The molecule has 0 aromatic heterocycles. The largest absolute Gasteiger partial charge is 0.509 e. The van der Waals surface area contributed by atoms with Gasteiger partial charge in [-0.3, -0.25) is 19.3 Å². The predicted octanol–water partition coefficient (Wildman–Crippen LogP) is -1.75. The summed E-state index contributed by atoms with van der Waals surface area (Å²) in [5.41, 5.74) is -1.29. The van der Waals surface area contributed by atoms with E-state index >= 15 is 0 Å². The second-order valence-electron chi connectivity index (χ2n) is 8.61. The Labute approximate surface area is 187 Å². The van der Waals surface area contributed by atoms with E-state index in [0.717, 1.165) is 6.07 Å². The molecule has 3 atom stereocenters. The summed E-state index contributed by atoms with van der Waals surface area (Å²) in [5, 5.41) is 66.0. The maximum absolute atomic E-state index is 13.3. The second-order valence-corrected chi connectivity index (χ2v) is 8.61. The number of carbonyl (C=O) groups excluding carboxylic acids is 3. The first-order valence-electron chi connectivity index (χ1n) is 9.83. The number of likely N-dealkylation sites (N-methyl/N-ethyl adjacent to an activating group) is 1. The van der Waals surface area contributed by atoms with Gasteiger partial charge < -0.3 is 36.4 Å². The van der Waals surface area contributed by atoms with E-state index in [9.17, 15) is 45.0 Å². The van der Waals surface area contributed by atoms with Gasteiger partial charge in [-0.25, -0.2) is 0 Å². The van der Waals surface area contributed by atoms with Gasteiger partial charge in [-0.2, -0.15) is 0 Å². The van der Waals surface area contributed by atoms with E-state index in [1.807, 2.05) is 0 Å². The summed E-state index contributed by atoms with van der Waals surface area (Å²) in [6, 6.07) is 2.41. The van der Waals surface area contributed by atoms with Gasteiger partial charge in [0.1, 0.15) is 28.8 Å². The highest BCUT2D eigenvalue weighted by Gasteiger charge is 2.60. The number of primary amides is 1. The van der Waals surface area contributed by atoms with E-state index in [-0.39, 0.29) is 5.56 Å². The second kappa shape index (κ2) is 6.83. The summed E-state index contributed by atoms with van der Waals surface area (Å²) < 4.78 is 0. The van der Waals surface area contributed by atoms with Crippen LogP contribution in [0.4, 0.5) is 0 Å². The highest BCUT2D eigenvalue weighted by Crippen LogP contribution is 2.53. The van der Waals surface area contributed by atoms with E-state index in [0.29, 0.717) is 0 Å². The van der Waals surface area contributed by atoms with Gasteiger partial charge in [-0.1, -0.05) is 12.1 Å². The monoisotopic (exact) mass is 458 g/mol. The maximum Gasteiger partial charge on any atom is 0.256 e. The van der Waals surface area contributed by atoms with Crippen LogP contribution < -0.4 is 5.73 Å². The van der Waals surface area contributed by atoms with Gasteiger partial charge >= 0.3 is 0 Å². The molecule has 0 saturated heterocycles. The quantitative estimate of drug-likeness (QED) is 0.197. The van der Waals surface area contributed by atoms with Gasteiger partial charge in [-0.05, 0) is 27.1 Å². The van der Waals surface area contributed by atoms with Crippen LogP contribution in [0.3, 0.4) is 0 Å². The lowest BCUT2D eigenvalue weighted by molar-refractivity contribution is -0.131. The van der Waals surface area contributed by atoms with Crippen LogP contribution in [0.1, 0.15) is 22.8 Å². The molecule has 0 fully saturated rings. The Balaban J connectivity index is 2.08. The number of nitrogens with two attached hydrogens (primary N) is 1. The molecule has 4 rings (SSSR count). The molecule has 0 radical (unpaired) electrons. The number of ketones is 2. The number of phenols is 1. The van der Waals surface area contributed by atoms with Crippen LogP contribution in [0.5, 0.6) is 5.75 Å². The van der Waals surface area contributed by atoms with E-state index < -0.39 is 85.9 Å². The van der Waals surface area contributed by atoms with Crippen LogP contribution >= 0.6 is 0 Å². The number of phenolic OH excluding ortho intramolecular Hbond substituents is 1. The molecule has 8 N–H and O–H groups in total. The summed E-state index contributed by atoms with van der Waals surface area (Å²) in [7, 11) is 2.84. The lowest BCUT2D eigenvalue weighted by Gasteiger charge is -2.48. The van der Waals surface area contributed by atoms with Crippen molar-refractivity contribution in [2.45, 2.75) is 30.5 Å². The molecule has 33 heavy (non-hydrogen) atoms. The van der Waals surface area contributed by atoms with Crippen molar-refractivity contribution in [3.8, 4) is 5.75 Å². The molecule has 3 aliphatic carbocycles. The number of benzene rings is 1. The summed E-state index contributed by atoms with van der Waals surface area (Å²) in [6.45, 7) is 1.18. The molecular weight excluding hydrogens is 436 g/mol. The Morgan fingerprint density at radius 2 is 1.67 bits per heavy atom. The lowest BCUT2D eigenvalue weighted by atomic mass is 9.62. The van der Waals surface area contributed by atoms with E-state index in [4.69, 9.17) is 5.73 Å². The number of hydrogen-bond acceptors (Lipinski definition) is 10. The molecule has 11 heteroatoms. The number of carbonyl (C=O) groups is 3. The molecule has 1 aromatic rings. The average Bonchev–Trinajstić information content (AvgIpc) is 2.67. The molecule has 1 amide bonds. The van der Waals surface area contributed by atoms with Crippen molar-refractivity contribution in [1.82, 2.24) is 4.90 Å². The number of rotatable bonds is 2. The van der Waals surface area contributed by atoms with Crippen molar-refractivity contribution in [2.75, 3.05) is 14.1 Å². The molecule has 0 heterocycles. The van der Waals surface area contributed by atoms with Crippen LogP contribution in [0, 0.1) is 0 Å². The first kappa shape index (κ1) is 22.8. The number of fused-ring (bicyclic) bond motifs is 1. The normalized spacial score (nSPS) is 28.7. The number of Topliss-reactive ketones (excluding diaryl/α,β-unsaturated/α-hetero) is 2. The van der Waals surface area contributed by atoms with Gasteiger partial charge in [0.2, 0.25) is 11.6 Å². The molecule has 1 aromatic carbocycles. The van der Waals surface area contributed by atoms with Crippen LogP contribution in [-0.2, 0) is 15.2 Å². The Morgan fingerprint density at radius 1 is 1.06 bits per heavy atom. The minimum Gasteiger partial charge on any atom is -0.509 e. The predicted molar refractivity (Wildman–Crippen MR) is 111 cm³/mol. The molecule has 0 saturated carbocycles. The van der Waals surface area contributed by atoms with Crippen molar-refractivity contribution < 1.29 is 45.0 Å². The number of nitrogens with zero attached hydrogens (tertiary/aromatic N) is 1. The number of aromatic hydroxyl groups is 1. The van der Waals surface area contributed by atoms with Crippen LogP contribution in [0.15, 0.2) is 51.8 Å². The molecular formula is C22H22N2O9. The minimum absolute atomic E-state index is 0.105. The first-order chi connectivity index (χ1) is 15.2. The summed E-state index contributed by atoms with van der Waals surface area (Å²) in [4.78, 5) is 39.7. The zero-order chi connectivity index (χ0) is 24.8. The third-order valence-corrected chi connectivity index (χ3v) is 6.40. The van der Waals surface area contributed by atoms with Crippen molar-refractivity contribution in [3.05, 3.63) is 63.0 Å². The molecule has 174 valence electrons. The van der Waals surface area contributed by atoms with Crippen molar-refractivity contribution >= 4 is 17.5 Å². The highest BCUT2D eigenvalue weighted by molar-refractivity contribution is 6.29. The Bertz CT molecular complexity index is 1250. The molecule has 0 spiro atoms. The fraction of sp³-hybridized carbons (Fsp3) is 0.318. The third kappa shape index (κ3) is 2.71. The van der Waals surface area contributed by atoms with E-state index in [1.54, 1.807) is 0 Å². The van der Waals surface area contributed by atoms with Crippen molar-refractivity contribution in [3.63, 3.8) is 0 Å². The topological polar surface area (TPSA) is 202 Å². The number of aliphatic hydroxyl groups excluding tert-OH is 2. The van der Waals surface area contributed by atoms with E-state index in [1.165, 1.54) is 38.1 Å². The van der Waals surface area contributed by atoms with Gasteiger partial charge in [0, 0.05) is 16.7 Å². The Morgan fingerprint density at radius 3 is 2.21 bits per heavy atom. The first-order valence-corrected chi connectivity index (χ1v) is 9.83. The fourth-order valence-corrected chi connectivity index (χ4v) is 5.05. The smallest absolute Gasteiger partial charge is 0.256 e. The number of amides is 1. The van der Waals surface area contributed by atoms with Crippen LogP contribution in [0.2, 0.25) is 0 Å². The molecule has 11 nitrogen and oxygen atoms in total. The number of hydrogen-bond donors (Lipinski definition) is 7. The summed E-state index contributed by atoms with van der Waals surface area (Å²) >= 11 is 0. The number of aliphatic hydroxyl groups is 5. The van der Waals surface area contributed by atoms with Gasteiger partial charge in [0.25, 0.3) is 5.91 Å². The molecule has 0 aliphatic heterocycles. The zero-order valence-corrected chi connectivity index (χ0v) is 17.8. The highest BCUT2D eigenvalue weighted by atomic mass is 16.5. The van der Waals surface area contributed by atoms with Crippen LogP contribution in [-0.4, -0.2) is 85.0 Å². The minimum atomic E-state index is -3.41. The third-order valence-electron chi connectivity index (χ3n) is 6.40. The van der Waals surface area contributed by atoms with Gasteiger partial charge in [-0.15, -0.1) is 0 Å².